The largest absolute Gasteiger partial charge is 0.480 e. The van der Waals surface area contributed by atoms with Gasteiger partial charge in [-0.3, -0.25) is 14.9 Å². The summed E-state index contributed by atoms with van der Waals surface area (Å²) < 4.78 is 0. The fourth-order valence-corrected chi connectivity index (χ4v) is 4.89. The molecule has 2 aliphatic rings. The lowest BCUT2D eigenvalue weighted by atomic mass is 9.77. The maximum atomic E-state index is 13.0. The van der Waals surface area contributed by atoms with Crippen LogP contribution in [0.2, 0.25) is 6.32 Å². The van der Waals surface area contributed by atoms with Crippen LogP contribution in [-0.4, -0.2) is 69.8 Å². The predicted octanol–water partition coefficient (Wildman–Crippen LogP) is -0.157. The molecular weight excluding hydrogens is 373 g/mol. The van der Waals surface area contributed by atoms with Gasteiger partial charge in [-0.2, -0.15) is 0 Å². The van der Waals surface area contributed by atoms with Crippen molar-refractivity contribution in [2.24, 2.45) is 11.7 Å². The number of nitrogens with two attached hydrogens (primary N) is 1. The lowest BCUT2D eigenvalue weighted by molar-refractivity contribution is -0.146. The molecular formula is C20H30BN3O5. The van der Waals surface area contributed by atoms with Gasteiger partial charge in [0.2, 0.25) is 5.91 Å². The van der Waals surface area contributed by atoms with Crippen molar-refractivity contribution >= 4 is 19.0 Å². The van der Waals surface area contributed by atoms with Crippen LogP contribution in [0.5, 0.6) is 0 Å². The SMILES string of the molecule is N[C@@H](Cc1ccccc1)C(=O)N1CC[C@H]2[C@@H]1CN[C@@]2(CCCCB(O)O)C(=O)O. The standard InChI is InChI=1S/C20H30BN3O5/c22-16(12-14-6-2-1-3-7-14)18(25)24-11-8-15-17(24)13-23-20(15,19(26)27)9-4-5-10-21(28)29/h1-3,6-7,15-17,23,28-29H,4-5,8-13,22H2,(H,26,27)/t15-,16-,17-,20+/m0/s1. The second-order valence-corrected chi connectivity index (χ2v) is 8.17. The van der Waals surface area contributed by atoms with Crippen LogP contribution >= 0.6 is 0 Å². The average Bonchev–Trinajstić information content (AvgIpc) is 3.26. The molecule has 6 N–H and O–H groups in total. The number of benzene rings is 1. The smallest absolute Gasteiger partial charge is 0.451 e. The number of carbonyl (C=O) groups excluding carboxylic acids is 1. The van der Waals surface area contributed by atoms with Gasteiger partial charge in [-0.25, -0.2) is 0 Å². The molecule has 0 bridgehead atoms. The van der Waals surface area contributed by atoms with E-state index >= 15 is 0 Å². The number of fused-ring (bicyclic) bond motifs is 1. The molecule has 1 aromatic rings. The lowest BCUT2D eigenvalue weighted by Crippen LogP contribution is -2.52. The molecule has 0 aromatic heterocycles. The van der Waals surface area contributed by atoms with Crippen molar-refractivity contribution < 1.29 is 24.7 Å². The van der Waals surface area contributed by atoms with Crippen molar-refractivity contribution in [2.45, 2.75) is 56.0 Å². The van der Waals surface area contributed by atoms with Gasteiger partial charge >= 0.3 is 13.1 Å². The van der Waals surface area contributed by atoms with E-state index < -0.39 is 24.7 Å². The summed E-state index contributed by atoms with van der Waals surface area (Å²) in [5, 5.41) is 31.1. The normalized spacial score (nSPS) is 26.9. The molecule has 158 valence electrons. The monoisotopic (exact) mass is 403 g/mol. The minimum atomic E-state index is -1.37. The molecule has 2 fully saturated rings. The Morgan fingerprint density at radius 1 is 1.28 bits per heavy atom. The molecule has 0 spiro atoms. The number of amides is 1. The number of carboxylic acids is 1. The molecule has 2 aliphatic heterocycles. The Morgan fingerprint density at radius 3 is 2.66 bits per heavy atom. The van der Waals surface area contributed by atoms with Gasteiger partial charge in [-0.05, 0) is 31.1 Å². The highest BCUT2D eigenvalue weighted by molar-refractivity contribution is 6.40. The van der Waals surface area contributed by atoms with Gasteiger partial charge in [0.15, 0.2) is 0 Å². The number of likely N-dealkylation sites (tertiary alicyclic amines) is 1. The molecule has 29 heavy (non-hydrogen) atoms. The van der Waals surface area contributed by atoms with E-state index in [2.05, 4.69) is 5.32 Å². The van der Waals surface area contributed by atoms with Crippen molar-refractivity contribution in [3.63, 3.8) is 0 Å². The summed E-state index contributed by atoms with van der Waals surface area (Å²) in [7, 11) is -1.37. The second-order valence-electron chi connectivity index (χ2n) is 8.17. The van der Waals surface area contributed by atoms with Gasteiger partial charge in [0.25, 0.3) is 0 Å². The van der Waals surface area contributed by atoms with Crippen LogP contribution in [0.1, 0.15) is 31.2 Å². The molecule has 8 nitrogen and oxygen atoms in total. The summed E-state index contributed by atoms with van der Waals surface area (Å²) in [6, 6.07) is 8.79. The van der Waals surface area contributed by atoms with Gasteiger partial charge in [0.1, 0.15) is 5.54 Å². The molecule has 1 aromatic carbocycles. The first-order chi connectivity index (χ1) is 13.8. The molecule has 0 aliphatic carbocycles. The van der Waals surface area contributed by atoms with Gasteiger partial charge in [0.05, 0.1) is 6.04 Å². The summed E-state index contributed by atoms with van der Waals surface area (Å²) in [5.74, 6) is -1.21. The Balaban J connectivity index is 1.64. The van der Waals surface area contributed by atoms with E-state index in [4.69, 9.17) is 15.8 Å². The Hall–Kier alpha value is -1.94. The fraction of sp³-hybridized carbons (Fsp3) is 0.600. The van der Waals surface area contributed by atoms with Gasteiger partial charge in [-0.15, -0.1) is 0 Å². The molecule has 4 atom stereocenters. The van der Waals surface area contributed by atoms with Crippen molar-refractivity contribution in [1.82, 2.24) is 10.2 Å². The Labute approximate surface area is 171 Å². The molecule has 2 saturated heterocycles. The van der Waals surface area contributed by atoms with E-state index in [9.17, 15) is 14.7 Å². The van der Waals surface area contributed by atoms with Crippen LogP contribution in [0, 0.1) is 5.92 Å². The van der Waals surface area contributed by atoms with Gasteiger partial charge in [-0.1, -0.05) is 43.2 Å². The summed E-state index contributed by atoms with van der Waals surface area (Å²) in [6.07, 6.45) is 2.81. The van der Waals surface area contributed by atoms with E-state index in [-0.39, 0.29) is 24.2 Å². The first-order valence-corrected chi connectivity index (χ1v) is 10.3. The third-order valence-electron chi connectivity index (χ3n) is 6.37. The second kappa shape index (κ2) is 9.25. The lowest BCUT2D eigenvalue weighted by Gasteiger charge is -2.31. The van der Waals surface area contributed by atoms with Gasteiger partial charge in [0, 0.05) is 25.0 Å². The predicted molar refractivity (Wildman–Crippen MR) is 109 cm³/mol. The van der Waals surface area contributed by atoms with Crippen LogP contribution in [0.4, 0.5) is 0 Å². The van der Waals surface area contributed by atoms with Crippen LogP contribution in [0.25, 0.3) is 0 Å². The van der Waals surface area contributed by atoms with E-state index in [1.54, 1.807) is 4.90 Å². The molecule has 2 heterocycles. The van der Waals surface area contributed by atoms with E-state index in [1.807, 2.05) is 30.3 Å². The minimum Gasteiger partial charge on any atom is -0.480 e. The highest BCUT2D eigenvalue weighted by Crippen LogP contribution is 2.41. The number of nitrogens with zero attached hydrogens (tertiary/aromatic N) is 1. The topological polar surface area (TPSA) is 136 Å². The minimum absolute atomic E-state index is 0.132. The fourth-order valence-electron chi connectivity index (χ4n) is 4.89. The molecule has 3 rings (SSSR count). The summed E-state index contributed by atoms with van der Waals surface area (Å²) >= 11 is 0. The number of rotatable bonds is 9. The van der Waals surface area contributed by atoms with E-state index in [0.717, 1.165) is 5.56 Å². The summed E-state index contributed by atoms with van der Waals surface area (Å²) in [6.45, 7) is 0.951. The zero-order valence-electron chi connectivity index (χ0n) is 16.5. The number of aliphatic carboxylic acids is 1. The van der Waals surface area contributed by atoms with E-state index in [1.165, 1.54) is 0 Å². The molecule has 9 heteroatoms. The Morgan fingerprint density at radius 2 is 2.00 bits per heavy atom. The van der Waals surface area contributed by atoms with Crippen LogP contribution in [0.15, 0.2) is 30.3 Å². The average molecular weight is 403 g/mol. The first-order valence-electron chi connectivity index (χ1n) is 10.3. The zero-order valence-corrected chi connectivity index (χ0v) is 16.5. The molecule has 1 amide bonds. The molecule has 0 unspecified atom stereocenters. The van der Waals surface area contributed by atoms with Crippen LogP contribution in [0.3, 0.4) is 0 Å². The number of hydrogen-bond donors (Lipinski definition) is 5. The number of carbonyl (C=O) groups is 2. The van der Waals surface area contributed by atoms with Crippen molar-refractivity contribution in [2.75, 3.05) is 13.1 Å². The third kappa shape index (κ3) is 4.64. The van der Waals surface area contributed by atoms with E-state index in [0.29, 0.717) is 45.2 Å². The summed E-state index contributed by atoms with van der Waals surface area (Å²) in [4.78, 5) is 26.9. The Kier molecular flexibility index (Phi) is 6.95. The number of nitrogens with one attached hydrogen (secondary N) is 1. The summed E-state index contributed by atoms with van der Waals surface area (Å²) in [5.41, 5.74) is 6.11. The number of carboxylic acid groups (broad SMARTS) is 1. The van der Waals surface area contributed by atoms with Gasteiger partial charge < -0.3 is 25.8 Å². The molecule has 0 saturated carbocycles. The van der Waals surface area contributed by atoms with Crippen LogP contribution < -0.4 is 11.1 Å². The Bertz CT molecular complexity index is 719. The highest BCUT2D eigenvalue weighted by Gasteiger charge is 2.58. The van der Waals surface area contributed by atoms with Crippen molar-refractivity contribution in [1.29, 1.82) is 0 Å². The van der Waals surface area contributed by atoms with Crippen molar-refractivity contribution in [3.8, 4) is 0 Å². The van der Waals surface area contributed by atoms with Crippen LogP contribution in [-0.2, 0) is 16.0 Å². The third-order valence-corrected chi connectivity index (χ3v) is 6.37. The quantitative estimate of drug-likeness (QED) is 0.286. The molecule has 0 radical (unpaired) electrons. The maximum Gasteiger partial charge on any atom is 0.451 e. The zero-order chi connectivity index (χ0) is 21.0. The first kappa shape index (κ1) is 21.8. The number of hydrogen-bond acceptors (Lipinski definition) is 6. The van der Waals surface area contributed by atoms with Crippen molar-refractivity contribution in [3.05, 3.63) is 35.9 Å². The number of unbranched alkanes of at least 4 members (excludes halogenated alkanes) is 1. The maximum absolute atomic E-state index is 13.0. The highest BCUT2D eigenvalue weighted by atomic mass is 16.4.